The maximum atomic E-state index is 12.7. The van der Waals surface area contributed by atoms with Crippen LogP contribution in [0.1, 0.15) is 24.2 Å². The number of nitrogens with one attached hydrogen (secondary N) is 1. The maximum absolute atomic E-state index is 12.7. The van der Waals surface area contributed by atoms with Crippen LogP contribution in [0.2, 0.25) is 0 Å². The topological polar surface area (TPSA) is 80.9 Å². The molecule has 2 aromatic carbocycles. The zero-order valence-electron chi connectivity index (χ0n) is 16.2. The fourth-order valence-electron chi connectivity index (χ4n) is 3.79. The van der Waals surface area contributed by atoms with E-state index >= 15 is 0 Å². The molecule has 0 saturated heterocycles. The van der Waals surface area contributed by atoms with Crippen LogP contribution in [0.5, 0.6) is 0 Å². The highest BCUT2D eigenvalue weighted by atomic mass is 16.1. The minimum atomic E-state index is -0.120. The number of nitrogens with zero attached hydrogens (tertiary/aromatic N) is 5. The first-order valence-corrected chi connectivity index (χ1v) is 9.58. The minimum absolute atomic E-state index is 0.0181. The molecule has 0 amide bonds. The molecule has 0 saturated carbocycles. The van der Waals surface area contributed by atoms with Crippen LogP contribution in [0.3, 0.4) is 0 Å². The molecule has 0 aliphatic carbocycles. The smallest absolute Gasteiger partial charge is 0.272 e. The molecule has 0 fully saturated rings. The summed E-state index contributed by atoms with van der Waals surface area (Å²) in [6.07, 6.45) is 0.588. The zero-order valence-corrected chi connectivity index (χ0v) is 16.2. The summed E-state index contributed by atoms with van der Waals surface area (Å²) in [6, 6.07) is 19.4. The molecule has 3 aromatic heterocycles. The Balaban J connectivity index is 1.54. The third-order valence-electron chi connectivity index (χ3n) is 5.27. The van der Waals surface area contributed by atoms with Crippen LogP contribution in [0.15, 0.2) is 65.5 Å². The third kappa shape index (κ3) is 2.91. The van der Waals surface area contributed by atoms with E-state index in [4.69, 9.17) is 4.98 Å². The predicted octanol–water partition coefficient (Wildman–Crippen LogP) is 3.55. The second kappa shape index (κ2) is 6.70. The molecule has 0 unspecified atom stereocenters. The van der Waals surface area contributed by atoms with Gasteiger partial charge in [0.2, 0.25) is 0 Å². The normalized spacial score (nSPS) is 12.6. The molecule has 7 heteroatoms. The van der Waals surface area contributed by atoms with Crippen LogP contribution in [-0.4, -0.2) is 29.6 Å². The van der Waals surface area contributed by atoms with Gasteiger partial charge in [-0.25, -0.2) is 14.2 Å². The van der Waals surface area contributed by atoms with E-state index in [1.54, 1.807) is 6.07 Å². The number of hydrogen-bond donors (Lipinski definition) is 1. The Morgan fingerprint density at radius 2 is 1.83 bits per heavy atom. The Labute approximate surface area is 166 Å². The van der Waals surface area contributed by atoms with Gasteiger partial charge in [0.15, 0.2) is 5.65 Å². The van der Waals surface area contributed by atoms with Crippen molar-refractivity contribution in [3.8, 4) is 11.3 Å². The van der Waals surface area contributed by atoms with E-state index in [1.807, 2.05) is 66.2 Å². The first-order chi connectivity index (χ1) is 14.1. The van der Waals surface area contributed by atoms with Gasteiger partial charge in [-0.15, -0.1) is 5.10 Å². The highest BCUT2D eigenvalue weighted by Gasteiger charge is 2.16. The van der Waals surface area contributed by atoms with Gasteiger partial charge in [0.05, 0.1) is 22.9 Å². The molecule has 0 aliphatic rings. The Bertz CT molecular complexity index is 1380. The molecule has 1 atom stereocenters. The van der Waals surface area contributed by atoms with Crippen LogP contribution in [-0.2, 0) is 6.42 Å². The molecular weight excluding hydrogens is 364 g/mol. The molecule has 0 bridgehead atoms. The van der Waals surface area contributed by atoms with Crippen molar-refractivity contribution in [2.75, 3.05) is 0 Å². The Kier molecular flexibility index (Phi) is 4.01. The molecule has 0 radical (unpaired) electrons. The lowest BCUT2D eigenvalue weighted by Gasteiger charge is -2.12. The van der Waals surface area contributed by atoms with E-state index in [0.717, 1.165) is 33.5 Å². The quantitative estimate of drug-likeness (QED) is 0.514. The van der Waals surface area contributed by atoms with Gasteiger partial charge in [-0.05, 0) is 31.5 Å². The molecule has 0 spiro atoms. The highest BCUT2D eigenvalue weighted by Crippen LogP contribution is 2.24. The van der Waals surface area contributed by atoms with E-state index in [0.29, 0.717) is 12.1 Å². The monoisotopic (exact) mass is 384 g/mol. The molecule has 7 nitrogen and oxygen atoms in total. The Morgan fingerprint density at radius 3 is 2.66 bits per heavy atom. The number of aryl methyl sites for hydroxylation is 1. The number of fused-ring (bicyclic) bond motifs is 2. The summed E-state index contributed by atoms with van der Waals surface area (Å²) in [5.41, 5.74) is 5.99. The summed E-state index contributed by atoms with van der Waals surface area (Å²) in [5, 5.41) is 11.7. The number of aromatic amines is 1. The number of para-hydroxylation sites is 1. The van der Waals surface area contributed by atoms with Crippen LogP contribution in [0.25, 0.3) is 27.9 Å². The predicted molar refractivity (Wildman–Crippen MR) is 112 cm³/mol. The van der Waals surface area contributed by atoms with Crippen molar-refractivity contribution >= 4 is 16.7 Å². The standard InChI is InChI=1S/C22H20N6O/c1-14(27-19-11-7-6-10-18(19)24-26-27)12-17-13-20(29)28-22(23-17)15(2)21(25-28)16-8-4-3-5-9-16/h3-11,13-14,25H,12H2,1-2H3/t14-/m0/s1. The number of rotatable bonds is 4. The first kappa shape index (κ1) is 17.4. The van der Waals surface area contributed by atoms with Gasteiger partial charge < -0.3 is 0 Å². The van der Waals surface area contributed by atoms with Crippen molar-refractivity contribution < 1.29 is 0 Å². The van der Waals surface area contributed by atoms with Crippen LogP contribution in [0, 0.1) is 6.92 Å². The van der Waals surface area contributed by atoms with Gasteiger partial charge in [-0.1, -0.05) is 47.7 Å². The molecule has 29 heavy (non-hydrogen) atoms. The van der Waals surface area contributed by atoms with E-state index in [-0.39, 0.29) is 11.6 Å². The first-order valence-electron chi connectivity index (χ1n) is 9.58. The van der Waals surface area contributed by atoms with Gasteiger partial charge in [0.25, 0.3) is 5.56 Å². The molecule has 5 aromatic rings. The van der Waals surface area contributed by atoms with Crippen molar-refractivity contribution in [1.29, 1.82) is 0 Å². The summed E-state index contributed by atoms with van der Waals surface area (Å²) in [7, 11) is 0. The van der Waals surface area contributed by atoms with Gasteiger partial charge in [-0.3, -0.25) is 9.89 Å². The van der Waals surface area contributed by atoms with E-state index in [9.17, 15) is 4.79 Å². The SMILES string of the molecule is Cc1c(-c2ccccc2)[nH]n2c(=O)cc(C[C@H](C)n3nnc4ccccc43)nc12. The largest absolute Gasteiger partial charge is 0.289 e. The van der Waals surface area contributed by atoms with Crippen molar-refractivity contribution in [3.63, 3.8) is 0 Å². The minimum Gasteiger partial charge on any atom is -0.289 e. The second-order valence-corrected chi connectivity index (χ2v) is 7.30. The van der Waals surface area contributed by atoms with Gasteiger partial charge in [0, 0.05) is 18.1 Å². The lowest BCUT2D eigenvalue weighted by atomic mass is 10.1. The molecule has 5 rings (SSSR count). The fourth-order valence-corrected chi connectivity index (χ4v) is 3.79. The Morgan fingerprint density at radius 1 is 1.07 bits per heavy atom. The molecular formula is C22H20N6O. The van der Waals surface area contributed by atoms with Crippen molar-refractivity contribution in [2.45, 2.75) is 26.3 Å². The van der Waals surface area contributed by atoms with Crippen LogP contribution >= 0.6 is 0 Å². The van der Waals surface area contributed by atoms with Crippen molar-refractivity contribution in [2.24, 2.45) is 0 Å². The average molecular weight is 384 g/mol. The van der Waals surface area contributed by atoms with Crippen molar-refractivity contribution in [3.05, 3.63) is 82.3 Å². The van der Waals surface area contributed by atoms with E-state index < -0.39 is 0 Å². The van der Waals surface area contributed by atoms with Crippen LogP contribution < -0.4 is 5.56 Å². The molecule has 144 valence electrons. The molecule has 0 aliphatic heterocycles. The second-order valence-electron chi connectivity index (χ2n) is 7.30. The lowest BCUT2D eigenvalue weighted by molar-refractivity contribution is 0.484. The number of hydrogen-bond acceptors (Lipinski definition) is 4. The fraction of sp³-hybridized carbons (Fsp3) is 0.182. The molecule has 3 heterocycles. The summed E-state index contributed by atoms with van der Waals surface area (Å²) in [4.78, 5) is 17.5. The summed E-state index contributed by atoms with van der Waals surface area (Å²) >= 11 is 0. The van der Waals surface area contributed by atoms with Gasteiger partial charge in [-0.2, -0.15) is 0 Å². The summed E-state index contributed by atoms with van der Waals surface area (Å²) < 4.78 is 3.40. The van der Waals surface area contributed by atoms with E-state index in [1.165, 1.54) is 4.52 Å². The maximum Gasteiger partial charge on any atom is 0.272 e. The number of aromatic nitrogens is 6. The van der Waals surface area contributed by atoms with E-state index in [2.05, 4.69) is 22.3 Å². The summed E-state index contributed by atoms with van der Waals surface area (Å²) in [6.45, 7) is 4.04. The van der Waals surface area contributed by atoms with Gasteiger partial charge in [0.1, 0.15) is 5.52 Å². The third-order valence-corrected chi connectivity index (χ3v) is 5.27. The number of H-pyrrole nitrogens is 1. The average Bonchev–Trinajstić information content (AvgIpc) is 3.31. The molecule has 1 N–H and O–H groups in total. The van der Waals surface area contributed by atoms with Crippen LogP contribution in [0.4, 0.5) is 0 Å². The number of benzene rings is 2. The lowest BCUT2D eigenvalue weighted by Crippen LogP contribution is -2.18. The Hall–Kier alpha value is -3.74. The zero-order chi connectivity index (χ0) is 20.0. The summed E-state index contributed by atoms with van der Waals surface area (Å²) in [5.74, 6) is 0. The highest BCUT2D eigenvalue weighted by molar-refractivity contribution is 5.74. The van der Waals surface area contributed by atoms with Crippen molar-refractivity contribution in [1.82, 2.24) is 29.6 Å². The van der Waals surface area contributed by atoms with Gasteiger partial charge >= 0.3 is 0 Å².